The Kier molecular flexibility index (Phi) is 5.75. The number of nitrogens with one attached hydrogen (secondary N) is 2. The van der Waals surface area contributed by atoms with Gasteiger partial charge in [-0.25, -0.2) is 26.2 Å². The van der Waals surface area contributed by atoms with Gasteiger partial charge in [-0.3, -0.25) is 4.31 Å². The molecule has 12 heteroatoms. The third kappa shape index (κ3) is 4.30. The number of sulfone groups is 1. The fourth-order valence-electron chi connectivity index (χ4n) is 4.62. The summed E-state index contributed by atoms with van der Waals surface area (Å²) in [5.41, 5.74) is 2.32. The predicted molar refractivity (Wildman–Crippen MR) is 137 cm³/mol. The second kappa shape index (κ2) is 8.56. The van der Waals surface area contributed by atoms with Crippen LogP contribution in [0, 0.1) is 5.82 Å². The van der Waals surface area contributed by atoms with Crippen LogP contribution in [0.25, 0.3) is 0 Å². The molecular formula is C24H24FN5O4S2. The van der Waals surface area contributed by atoms with Gasteiger partial charge in [0.1, 0.15) is 0 Å². The Hall–Kier alpha value is -3.51. The normalized spacial score (nSPS) is 16.3. The lowest BCUT2D eigenvalue weighted by molar-refractivity contribution is 0.268. The number of nitrogens with zero attached hydrogens (tertiary/aromatic N) is 3. The lowest BCUT2D eigenvalue weighted by Crippen LogP contribution is -2.40. The summed E-state index contributed by atoms with van der Waals surface area (Å²) in [5, 5.41) is 6.78. The van der Waals surface area contributed by atoms with Crippen molar-refractivity contribution >= 4 is 48.7 Å². The maximum Gasteiger partial charge on any atom is 0.256 e. The van der Waals surface area contributed by atoms with Gasteiger partial charge in [0.05, 0.1) is 16.8 Å². The van der Waals surface area contributed by atoms with Crippen LogP contribution >= 0.6 is 0 Å². The molecule has 1 aromatic heterocycles. The zero-order valence-corrected chi connectivity index (χ0v) is 21.0. The first kappa shape index (κ1) is 24.2. The number of sulfonamides is 1. The van der Waals surface area contributed by atoms with Gasteiger partial charge in [0.25, 0.3) is 10.0 Å². The van der Waals surface area contributed by atoms with Crippen molar-refractivity contribution in [3.8, 4) is 0 Å². The molecule has 1 aliphatic heterocycles. The second-order valence-electron chi connectivity index (χ2n) is 9.02. The molecule has 9 nitrogen and oxygen atoms in total. The molecule has 3 aromatic rings. The molecule has 188 valence electrons. The molecule has 0 amide bonds. The molecule has 1 saturated carbocycles. The van der Waals surface area contributed by atoms with Crippen molar-refractivity contribution in [1.29, 1.82) is 0 Å². The maximum absolute atomic E-state index is 14.6. The number of hydrogen-bond acceptors (Lipinski definition) is 8. The number of hydrogen-bond donors (Lipinski definition) is 2. The van der Waals surface area contributed by atoms with E-state index in [0.717, 1.165) is 42.7 Å². The molecule has 1 fully saturated rings. The SMILES string of the molecule is C=CS(=O)(=O)N1CC2(CCC2)c2ccc(Nc3nc(Nc4ccc(S(C)(=O)=O)cc4)ncc3F)cc21. The number of aromatic nitrogens is 2. The molecule has 0 bridgehead atoms. The molecule has 2 aliphatic rings. The Balaban J connectivity index is 1.42. The van der Waals surface area contributed by atoms with Gasteiger partial charge in [0.15, 0.2) is 21.5 Å². The lowest BCUT2D eigenvalue weighted by atomic mass is 9.66. The van der Waals surface area contributed by atoms with Gasteiger partial charge in [-0.05, 0) is 54.8 Å². The molecule has 0 radical (unpaired) electrons. The highest BCUT2D eigenvalue weighted by Gasteiger charge is 2.49. The van der Waals surface area contributed by atoms with E-state index in [1.165, 1.54) is 16.4 Å². The predicted octanol–water partition coefficient (Wildman–Crippen LogP) is 4.22. The average molecular weight is 530 g/mol. The number of anilines is 5. The molecule has 0 saturated heterocycles. The minimum absolute atomic E-state index is 0.0939. The Labute approximate surface area is 209 Å². The van der Waals surface area contributed by atoms with Crippen molar-refractivity contribution in [2.75, 3.05) is 27.7 Å². The summed E-state index contributed by atoms with van der Waals surface area (Å²) in [5.74, 6) is -0.703. The van der Waals surface area contributed by atoms with E-state index in [1.807, 2.05) is 6.07 Å². The van der Waals surface area contributed by atoms with Crippen LogP contribution in [-0.2, 0) is 25.3 Å². The minimum atomic E-state index is -3.69. The Bertz CT molecular complexity index is 1570. The van der Waals surface area contributed by atoms with E-state index < -0.39 is 25.7 Å². The third-order valence-corrected chi connectivity index (χ3v) is 9.15. The lowest BCUT2D eigenvalue weighted by Gasteiger charge is -2.38. The second-order valence-corrected chi connectivity index (χ2v) is 12.8. The molecular weight excluding hydrogens is 505 g/mol. The maximum atomic E-state index is 14.6. The van der Waals surface area contributed by atoms with Gasteiger partial charge in [0.2, 0.25) is 5.95 Å². The first-order valence-electron chi connectivity index (χ1n) is 11.2. The molecule has 2 N–H and O–H groups in total. The number of rotatable bonds is 7. The van der Waals surface area contributed by atoms with E-state index in [9.17, 15) is 21.2 Å². The van der Waals surface area contributed by atoms with Crippen LogP contribution in [0.4, 0.5) is 33.2 Å². The summed E-state index contributed by atoms with van der Waals surface area (Å²) in [4.78, 5) is 8.31. The van der Waals surface area contributed by atoms with Crippen LogP contribution in [0.1, 0.15) is 24.8 Å². The van der Waals surface area contributed by atoms with E-state index in [4.69, 9.17) is 0 Å². The largest absolute Gasteiger partial charge is 0.338 e. The summed E-state index contributed by atoms with van der Waals surface area (Å²) >= 11 is 0. The highest BCUT2D eigenvalue weighted by atomic mass is 32.2. The summed E-state index contributed by atoms with van der Waals surface area (Å²) in [6.45, 7) is 3.82. The van der Waals surface area contributed by atoms with Gasteiger partial charge >= 0.3 is 0 Å². The molecule has 5 rings (SSSR count). The van der Waals surface area contributed by atoms with Crippen molar-refractivity contribution in [3.05, 3.63) is 72.0 Å². The average Bonchev–Trinajstić information content (AvgIpc) is 3.17. The number of benzene rings is 2. The van der Waals surface area contributed by atoms with Crippen molar-refractivity contribution in [1.82, 2.24) is 9.97 Å². The highest BCUT2D eigenvalue weighted by molar-refractivity contribution is 7.95. The van der Waals surface area contributed by atoms with Crippen LogP contribution < -0.4 is 14.9 Å². The summed E-state index contributed by atoms with van der Waals surface area (Å²) in [6.07, 6.45) is 4.99. The summed E-state index contributed by atoms with van der Waals surface area (Å²) < 4.78 is 64.6. The van der Waals surface area contributed by atoms with E-state index in [-0.39, 0.29) is 22.1 Å². The Morgan fingerprint density at radius 2 is 1.75 bits per heavy atom. The van der Waals surface area contributed by atoms with Gasteiger partial charge in [-0.15, -0.1) is 0 Å². The first-order chi connectivity index (χ1) is 17.0. The van der Waals surface area contributed by atoms with Crippen LogP contribution in [0.3, 0.4) is 0 Å². The number of halogens is 1. The van der Waals surface area contributed by atoms with E-state index >= 15 is 0 Å². The summed E-state index contributed by atoms with van der Waals surface area (Å²) in [7, 11) is -7.02. The molecule has 36 heavy (non-hydrogen) atoms. The van der Waals surface area contributed by atoms with E-state index in [0.29, 0.717) is 23.6 Å². The van der Waals surface area contributed by atoms with Crippen molar-refractivity contribution < 1.29 is 21.2 Å². The number of fused-ring (bicyclic) bond motifs is 2. The zero-order valence-electron chi connectivity index (χ0n) is 19.4. The van der Waals surface area contributed by atoms with Crippen molar-refractivity contribution in [2.24, 2.45) is 0 Å². The molecule has 0 unspecified atom stereocenters. The van der Waals surface area contributed by atoms with Crippen LogP contribution in [-0.4, -0.2) is 39.6 Å². The minimum Gasteiger partial charge on any atom is -0.338 e. The molecule has 2 aromatic carbocycles. The quantitative estimate of drug-likeness (QED) is 0.467. The molecule has 0 atom stereocenters. The van der Waals surface area contributed by atoms with E-state index in [1.54, 1.807) is 24.3 Å². The zero-order chi connectivity index (χ0) is 25.7. The van der Waals surface area contributed by atoms with Gasteiger partial charge in [-0.1, -0.05) is 19.1 Å². The summed E-state index contributed by atoms with van der Waals surface area (Å²) in [6, 6.07) is 11.4. The van der Waals surface area contributed by atoms with Crippen LogP contribution in [0.15, 0.2) is 65.5 Å². The Morgan fingerprint density at radius 1 is 1.06 bits per heavy atom. The van der Waals surface area contributed by atoms with Gasteiger partial charge < -0.3 is 10.6 Å². The molecule has 1 aliphatic carbocycles. The topological polar surface area (TPSA) is 121 Å². The fourth-order valence-corrected chi connectivity index (χ4v) is 6.29. The molecule has 1 spiro atoms. The third-order valence-electron chi connectivity index (χ3n) is 6.66. The van der Waals surface area contributed by atoms with Gasteiger partial charge in [0, 0.05) is 35.0 Å². The standard InChI is InChI=1S/C24H24FN5O4S2/c1-3-36(33,34)30-15-24(11-4-12-24)19-10-7-17(13-21(19)30)27-22-20(25)14-26-23(29-22)28-16-5-8-18(9-6-16)35(2,31)32/h3,5-10,13-14H,1,4,11-12,15H2,2H3,(H2,26,27,28,29). The van der Waals surface area contributed by atoms with Crippen molar-refractivity contribution in [2.45, 2.75) is 29.6 Å². The molecule has 2 heterocycles. The van der Waals surface area contributed by atoms with Gasteiger partial charge in [-0.2, -0.15) is 4.98 Å². The van der Waals surface area contributed by atoms with Crippen LogP contribution in [0.2, 0.25) is 0 Å². The smallest absolute Gasteiger partial charge is 0.256 e. The van der Waals surface area contributed by atoms with Crippen molar-refractivity contribution in [3.63, 3.8) is 0 Å². The monoisotopic (exact) mass is 529 g/mol. The highest BCUT2D eigenvalue weighted by Crippen LogP contribution is 2.54. The Morgan fingerprint density at radius 3 is 2.36 bits per heavy atom. The van der Waals surface area contributed by atoms with E-state index in [2.05, 4.69) is 27.2 Å². The van der Waals surface area contributed by atoms with Crippen LogP contribution in [0.5, 0.6) is 0 Å². The fraction of sp³-hybridized carbons (Fsp3) is 0.250. The first-order valence-corrected chi connectivity index (χ1v) is 14.6.